The topological polar surface area (TPSA) is 101 Å². The first-order valence-electron chi connectivity index (χ1n) is 8.55. The molecule has 1 aromatic carbocycles. The Morgan fingerprint density at radius 1 is 1.28 bits per heavy atom. The molecule has 1 aliphatic carbocycles. The van der Waals surface area contributed by atoms with Crippen LogP contribution in [-0.2, 0) is 0 Å². The molecule has 2 N–H and O–H groups in total. The van der Waals surface area contributed by atoms with Crippen LogP contribution in [0.25, 0.3) is 11.4 Å². The molecule has 1 fully saturated rings. The normalized spacial score (nSPS) is 15.9. The van der Waals surface area contributed by atoms with E-state index in [0.29, 0.717) is 29.7 Å². The van der Waals surface area contributed by atoms with E-state index in [-0.39, 0.29) is 11.8 Å². The van der Waals surface area contributed by atoms with Crippen LogP contribution in [0.5, 0.6) is 0 Å². The molecule has 1 heterocycles. The third kappa shape index (κ3) is 4.30. The van der Waals surface area contributed by atoms with Gasteiger partial charge in [-0.3, -0.25) is 10.1 Å². The van der Waals surface area contributed by atoms with Gasteiger partial charge in [0.25, 0.3) is 5.69 Å². The van der Waals surface area contributed by atoms with Crippen LogP contribution in [0.1, 0.15) is 31.4 Å². The minimum absolute atomic E-state index is 0.0365. The summed E-state index contributed by atoms with van der Waals surface area (Å²) in [4.78, 5) is 19.2. The summed E-state index contributed by atoms with van der Waals surface area (Å²) in [7, 11) is 0. The van der Waals surface area contributed by atoms with Gasteiger partial charge >= 0.3 is 0 Å². The van der Waals surface area contributed by atoms with E-state index >= 15 is 0 Å². The number of aliphatic hydroxyl groups excluding tert-OH is 1. The summed E-state index contributed by atoms with van der Waals surface area (Å²) in [6.07, 6.45) is 4.18. The van der Waals surface area contributed by atoms with Gasteiger partial charge in [-0.25, -0.2) is 9.97 Å². The molecule has 0 aliphatic heterocycles. The van der Waals surface area contributed by atoms with Crippen molar-refractivity contribution in [1.82, 2.24) is 9.97 Å². The standard InChI is InChI=1S/C18H22N4O3/c1-12-10-17(19-11-16(23)13-4-2-3-5-13)21-18(20-12)14-6-8-15(9-7-14)22(24)25/h6-10,13,16,23H,2-5,11H2,1H3,(H,19,20,21). The van der Waals surface area contributed by atoms with Crippen molar-refractivity contribution in [2.75, 3.05) is 11.9 Å². The first-order chi connectivity index (χ1) is 12.0. The quantitative estimate of drug-likeness (QED) is 0.617. The lowest BCUT2D eigenvalue weighted by molar-refractivity contribution is -0.384. The second kappa shape index (κ2) is 7.57. The maximum atomic E-state index is 10.8. The number of aryl methyl sites for hydroxylation is 1. The van der Waals surface area contributed by atoms with Crippen LogP contribution in [0.2, 0.25) is 0 Å². The molecule has 1 aliphatic rings. The molecule has 0 amide bonds. The minimum Gasteiger partial charge on any atom is -0.391 e. The maximum Gasteiger partial charge on any atom is 0.269 e. The molecular formula is C18H22N4O3. The number of nitrogens with zero attached hydrogens (tertiary/aromatic N) is 3. The van der Waals surface area contributed by atoms with Crippen molar-refractivity contribution in [2.45, 2.75) is 38.7 Å². The summed E-state index contributed by atoms with van der Waals surface area (Å²) < 4.78 is 0. The van der Waals surface area contributed by atoms with Crippen LogP contribution in [0.15, 0.2) is 30.3 Å². The molecule has 0 spiro atoms. The molecule has 25 heavy (non-hydrogen) atoms. The van der Waals surface area contributed by atoms with Gasteiger partial charge in [0, 0.05) is 36.0 Å². The Morgan fingerprint density at radius 2 is 1.96 bits per heavy atom. The molecule has 1 saturated carbocycles. The highest BCUT2D eigenvalue weighted by molar-refractivity contribution is 5.59. The van der Waals surface area contributed by atoms with Crippen LogP contribution >= 0.6 is 0 Å². The van der Waals surface area contributed by atoms with Gasteiger partial charge in [-0.05, 0) is 37.8 Å². The molecule has 7 heteroatoms. The fraction of sp³-hybridized carbons (Fsp3) is 0.444. The molecule has 1 atom stereocenters. The zero-order valence-electron chi connectivity index (χ0n) is 14.2. The Morgan fingerprint density at radius 3 is 2.60 bits per heavy atom. The molecule has 132 valence electrons. The summed E-state index contributed by atoms with van der Waals surface area (Å²) >= 11 is 0. The largest absolute Gasteiger partial charge is 0.391 e. The van der Waals surface area contributed by atoms with E-state index in [1.165, 1.54) is 25.0 Å². The average Bonchev–Trinajstić information content (AvgIpc) is 3.14. The highest BCUT2D eigenvalue weighted by Gasteiger charge is 2.23. The van der Waals surface area contributed by atoms with Crippen molar-refractivity contribution in [1.29, 1.82) is 0 Å². The molecular weight excluding hydrogens is 320 g/mol. The smallest absolute Gasteiger partial charge is 0.269 e. The number of hydrogen-bond acceptors (Lipinski definition) is 6. The monoisotopic (exact) mass is 342 g/mol. The van der Waals surface area contributed by atoms with Crippen LogP contribution in [0, 0.1) is 23.0 Å². The van der Waals surface area contributed by atoms with Gasteiger partial charge in [0.15, 0.2) is 5.82 Å². The summed E-state index contributed by atoms with van der Waals surface area (Å²) in [6.45, 7) is 2.33. The number of hydrogen-bond donors (Lipinski definition) is 2. The van der Waals surface area contributed by atoms with E-state index in [1.54, 1.807) is 12.1 Å². The molecule has 1 unspecified atom stereocenters. The molecule has 3 rings (SSSR count). The van der Waals surface area contributed by atoms with Gasteiger partial charge in [0.05, 0.1) is 11.0 Å². The third-order valence-electron chi connectivity index (χ3n) is 4.63. The van der Waals surface area contributed by atoms with Gasteiger partial charge in [-0.1, -0.05) is 12.8 Å². The fourth-order valence-electron chi connectivity index (χ4n) is 3.24. The summed E-state index contributed by atoms with van der Waals surface area (Å²) in [5, 5.41) is 24.2. The molecule has 0 saturated heterocycles. The lowest BCUT2D eigenvalue weighted by Crippen LogP contribution is -2.27. The Kier molecular flexibility index (Phi) is 5.23. The first-order valence-corrected chi connectivity index (χ1v) is 8.55. The summed E-state index contributed by atoms with van der Waals surface area (Å²) in [6, 6.07) is 8.00. The van der Waals surface area contributed by atoms with E-state index in [4.69, 9.17) is 0 Å². The fourth-order valence-corrected chi connectivity index (χ4v) is 3.24. The highest BCUT2D eigenvalue weighted by atomic mass is 16.6. The third-order valence-corrected chi connectivity index (χ3v) is 4.63. The number of aromatic nitrogens is 2. The van der Waals surface area contributed by atoms with Crippen LogP contribution < -0.4 is 5.32 Å². The number of nitro benzene ring substituents is 1. The second-order valence-corrected chi connectivity index (χ2v) is 6.51. The SMILES string of the molecule is Cc1cc(NCC(O)C2CCCC2)nc(-c2ccc([N+](=O)[O-])cc2)n1. The number of aliphatic hydroxyl groups is 1. The number of anilines is 1. The minimum atomic E-state index is -0.432. The van der Waals surface area contributed by atoms with Gasteiger partial charge in [0.1, 0.15) is 5.82 Å². The van der Waals surface area contributed by atoms with Crippen molar-refractivity contribution in [3.05, 3.63) is 46.1 Å². The number of non-ortho nitro benzene ring substituents is 1. The second-order valence-electron chi connectivity index (χ2n) is 6.51. The predicted octanol–water partition coefficient (Wildman–Crippen LogP) is 3.32. The summed E-state index contributed by atoms with van der Waals surface area (Å²) in [5.74, 6) is 1.52. The van der Waals surface area contributed by atoms with Gasteiger partial charge in [-0.15, -0.1) is 0 Å². The van der Waals surface area contributed by atoms with E-state index in [1.807, 2.05) is 13.0 Å². The van der Waals surface area contributed by atoms with Gasteiger partial charge < -0.3 is 10.4 Å². The molecule has 1 aromatic heterocycles. The lowest BCUT2D eigenvalue weighted by Gasteiger charge is -2.18. The van der Waals surface area contributed by atoms with E-state index < -0.39 is 4.92 Å². The van der Waals surface area contributed by atoms with Crippen LogP contribution in [0.3, 0.4) is 0 Å². The van der Waals surface area contributed by atoms with Crippen molar-refractivity contribution >= 4 is 11.5 Å². The van der Waals surface area contributed by atoms with Crippen LogP contribution in [-0.4, -0.2) is 32.6 Å². The van der Waals surface area contributed by atoms with Crippen LogP contribution in [0.4, 0.5) is 11.5 Å². The first kappa shape index (κ1) is 17.3. The summed E-state index contributed by atoms with van der Waals surface area (Å²) in [5.41, 5.74) is 1.55. The molecule has 0 bridgehead atoms. The van der Waals surface area contributed by atoms with Crippen molar-refractivity contribution < 1.29 is 10.0 Å². The Labute approximate surface area is 146 Å². The van der Waals surface area contributed by atoms with Crippen molar-refractivity contribution in [3.8, 4) is 11.4 Å². The maximum absolute atomic E-state index is 10.8. The zero-order chi connectivity index (χ0) is 17.8. The highest BCUT2D eigenvalue weighted by Crippen LogP contribution is 2.28. The predicted molar refractivity (Wildman–Crippen MR) is 95.3 cm³/mol. The van der Waals surface area contributed by atoms with E-state index in [2.05, 4.69) is 15.3 Å². The molecule has 2 aromatic rings. The zero-order valence-corrected chi connectivity index (χ0v) is 14.2. The van der Waals surface area contributed by atoms with Crippen molar-refractivity contribution in [3.63, 3.8) is 0 Å². The average molecular weight is 342 g/mol. The van der Waals surface area contributed by atoms with Crippen molar-refractivity contribution in [2.24, 2.45) is 5.92 Å². The number of rotatable bonds is 6. The Balaban J connectivity index is 1.72. The van der Waals surface area contributed by atoms with E-state index in [9.17, 15) is 15.2 Å². The number of benzene rings is 1. The lowest BCUT2D eigenvalue weighted by atomic mass is 10.0. The Hall–Kier alpha value is -2.54. The molecule has 0 radical (unpaired) electrons. The number of nitrogens with one attached hydrogen (secondary N) is 1. The van der Waals surface area contributed by atoms with Gasteiger partial charge in [0.2, 0.25) is 0 Å². The van der Waals surface area contributed by atoms with E-state index in [0.717, 1.165) is 18.5 Å². The number of nitro groups is 1. The van der Waals surface area contributed by atoms with Gasteiger partial charge in [-0.2, -0.15) is 0 Å². The Bertz CT molecular complexity index is 742. The molecule has 7 nitrogen and oxygen atoms in total.